The monoisotopic (exact) mass is 169 g/mol. The number of benzene rings is 1. The van der Waals surface area contributed by atoms with Crippen LogP contribution in [0.4, 0.5) is 0 Å². The van der Waals surface area contributed by atoms with Gasteiger partial charge in [0, 0.05) is 12.1 Å². The van der Waals surface area contributed by atoms with Crippen molar-refractivity contribution in [3.05, 3.63) is 29.3 Å². The van der Waals surface area contributed by atoms with Crippen molar-refractivity contribution >= 4 is 18.0 Å². The first-order valence-electron chi connectivity index (χ1n) is 3.16. The second-order valence-corrected chi connectivity index (χ2v) is 2.38. The smallest absolute Gasteiger partial charge is 0.176 e. The molecule has 0 N–H and O–H groups in total. The normalized spacial score (nSPS) is 10.4. The van der Waals surface area contributed by atoms with Gasteiger partial charge in [0.15, 0.2) is 6.40 Å². The fourth-order valence-corrected chi connectivity index (χ4v) is 0.834. The number of hydrogen-bond acceptors (Lipinski definition) is 2. The van der Waals surface area contributed by atoms with Crippen LogP contribution >= 0.6 is 11.6 Å². The maximum Gasteiger partial charge on any atom is 0.176 e. The lowest BCUT2D eigenvalue weighted by molar-refractivity contribution is 0.573. The van der Waals surface area contributed by atoms with Crippen LogP contribution in [0.15, 0.2) is 29.3 Å². The van der Waals surface area contributed by atoms with Crippen molar-refractivity contribution in [2.24, 2.45) is 4.99 Å². The third-order valence-corrected chi connectivity index (χ3v) is 1.33. The van der Waals surface area contributed by atoms with Crippen LogP contribution in [0, 0.1) is 0 Å². The van der Waals surface area contributed by atoms with Gasteiger partial charge in [0.1, 0.15) is 5.75 Å². The summed E-state index contributed by atoms with van der Waals surface area (Å²) in [6, 6.07) is 7.15. The van der Waals surface area contributed by atoms with Crippen molar-refractivity contribution in [2.75, 3.05) is 7.05 Å². The molecule has 0 saturated carbocycles. The molecule has 0 fully saturated rings. The predicted octanol–water partition coefficient (Wildman–Crippen LogP) is 2.38. The van der Waals surface area contributed by atoms with Crippen molar-refractivity contribution in [1.82, 2.24) is 0 Å². The molecule has 0 aliphatic rings. The maximum atomic E-state index is 5.70. The number of aliphatic imine (C=N–C) groups is 1. The van der Waals surface area contributed by atoms with Gasteiger partial charge in [-0.1, -0.05) is 17.7 Å². The topological polar surface area (TPSA) is 21.6 Å². The molecule has 3 heteroatoms. The Labute approximate surface area is 70.5 Å². The number of hydrogen-bond donors (Lipinski definition) is 0. The summed E-state index contributed by atoms with van der Waals surface area (Å²) in [4.78, 5) is 3.67. The van der Waals surface area contributed by atoms with E-state index in [2.05, 4.69) is 4.99 Å². The van der Waals surface area contributed by atoms with Gasteiger partial charge in [-0.05, 0) is 18.2 Å². The predicted molar refractivity (Wildman–Crippen MR) is 46.5 cm³/mol. The van der Waals surface area contributed by atoms with Crippen LogP contribution in [0.25, 0.3) is 0 Å². The Morgan fingerprint density at radius 1 is 1.55 bits per heavy atom. The summed E-state index contributed by atoms with van der Waals surface area (Å²) in [5.41, 5.74) is 0. The molecule has 58 valence electrons. The second-order valence-electron chi connectivity index (χ2n) is 1.94. The number of ether oxygens (including phenoxy) is 1. The third kappa shape index (κ3) is 2.60. The Balaban J connectivity index is 2.71. The third-order valence-electron chi connectivity index (χ3n) is 1.09. The van der Waals surface area contributed by atoms with Crippen LogP contribution in [0.5, 0.6) is 5.75 Å². The molecule has 0 aliphatic carbocycles. The fourth-order valence-electron chi connectivity index (χ4n) is 0.654. The molecule has 1 aromatic carbocycles. The van der Waals surface area contributed by atoms with E-state index in [1.54, 1.807) is 19.2 Å². The van der Waals surface area contributed by atoms with Gasteiger partial charge in [-0.25, -0.2) is 0 Å². The largest absolute Gasteiger partial charge is 0.446 e. The van der Waals surface area contributed by atoms with Gasteiger partial charge < -0.3 is 4.74 Å². The summed E-state index contributed by atoms with van der Waals surface area (Å²) in [5.74, 6) is 0.697. The first kappa shape index (κ1) is 8.08. The molecule has 0 amide bonds. The zero-order chi connectivity index (χ0) is 8.10. The quantitative estimate of drug-likeness (QED) is 0.492. The molecule has 0 saturated heterocycles. The molecule has 11 heavy (non-hydrogen) atoms. The van der Waals surface area contributed by atoms with E-state index in [-0.39, 0.29) is 0 Å². The maximum absolute atomic E-state index is 5.70. The molecule has 0 spiro atoms. The van der Waals surface area contributed by atoms with E-state index in [1.807, 2.05) is 12.1 Å². The van der Waals surface area contributed by atoms with Crippen molar-refractivity contribution in [3.63, 3.8) is 0 Å². The van der Waals surface area contributed by atoms with Gasteiger partial charge in [0.2, 0.25) is 0 Å². The summed E-state index contributed by atoms with van der Waals surface area (Å²) in [6.07, 6.45) is 1.37. The number of halogens is 1. The van der Waals surface area contributed by atoms with Crippen molar-refractivity contribution < 1.29 is 4.74 Å². The van der Waals surface area contributed by atoms with Crippen LogP contribution in [-0.2, 0) is 0 Å². The van der Waals surface area contributed by atoms with Gasteiger partial charge in [-0.3, -0.25) is 4.99 Å². The second kappa shape index (κ2) is 3.98. The Bertz CT molecular complexity index is 260. The minimum Gasteiger partial charge on any atom is -0.446 e. The number of nitrogens with zero attached hydrogens (tertiary/aromatic N) is 1. The Hall–Kier alpha value is -1.02. The van der Waals surface area contributed by atoms with Gasteiger partial charge in [-0.2, -0.15) is 0 Å². The van der Waals surface area contributed by atoms with E-state index in [0.29, 0.717) is 10.8 Å². The molecule has 0 heterocycles. The van der Waals surface area contributed by atoms with Gasteiger partial charge in [-0.15, -0.1) is 0 Å². The summed E-state index contributed by atoms with van der Waals surface area (Å²) in [7, 11) is 1.64. The van der Waals surface area contributed by atoms with E-state index in [1.165, 1.54) is 6.40 Å². The highest BCUT2D eigenvalue weighted by atomic mass is 35.5. The zero-order valence-electron chi connectivity index (χ0n) is 6.12. The highest BCUT2D eigenvalue weighted by Gasteiger charge is 1.90. The lowest BCUT2D eigenvalue weighted by Crippen LogP contribution is -1.87. The molecule has 0 aliphatic heterocycles. The standard InChI is InChI=1S/C8H8ClNO/c1-10-6-11-8-4-2-3-7(9)5-8/h2-6H,1H3. The SMILES string of the molecule is CN=COc1cccc(Cl)c1. The molecular weight excluding hydrogens is 162 g/mol. The van der Waals surface area contributed by atoms with Crippen LogP contribution in [0.3, 0.4) is 0 Å². The Morgan fingerprint density at radius 3 is 3.00 bits per heavy atom. The molecule has 0 atom stereocenters. The highest BCUT2D eigenvalue weighted by Crippen LogP contribution is 2.16. The zero-order valence-corrected chi connectivity index (χ0v) is 6.88. The Morgan fingerprint density at radius 2 is 2.36 bits per heavy atom. The van der Waals surface area contributed by atoms with E-state index in [4.69, 9.17) is 16.3 Å². The molecule has 1 rings (SSSR count). The van der Waals surface area contributed by atoms with Gasteiger partial charge >= 0.3 is 0 Å². The summed E-state index contributed by atoms with van der Waals surface area (Å²) < 4.78 is 5.06. The van der Waals surface area contributed by atoms with Crippen molar-refractivity contribution in [2.45, 2.75) is 0 Å². The lowest BCUT2D eigenvalue weighted by atomic mass is 10.3. The average Bonchev–Trinajstić information content (AvgIpc) is 2.01. The first-order valence-corrected chi connectivity index (χ1v) is 3.53. The minimum atomic E-state index is 0.659. The van der Waals surface area contributed by atoms with Crippen molar-refractivity contribution in [3.8, 4) is 5.75 Å². The van der Waals surface area contributed by atoms with Gasteiger partial charge in [0.05, 0.1) is 0 Å². The van der Waals surface area contributed by atoms with E-state index in [0.717, 1.165) is 0 Å². The van der Waals surface area contributed by atoms with E-state index in [9.17, 15) is 0 Å². The minimum absolute atomic E-state index is 0.659. The average molecular weight is 170 g/mol. The van der Waals surface area contributed by atoms with Crippen LogP contribution < -0.4 is 4.74 Å². The molecule has 0 aromatic heterocycles. The molecule has 0 radical (unpaired) electrons. The van der Waals surface area contributed by atoms with Crippen molar-refractivity contribution in [1.29, 1.82) is 0 Å². The first-order chi connectivity index (χ1) is 5.33. The summed E-state index contributed by atoms with van der Waals surface area (Å²) >= 11 is 5.70. The lowest BCUT2D eigenvalue weighted by Gasteiger charge is -1.97. The van der Waals surface area contributed by atoms with E-state index < -0.39 is 0 Å². The summed E-state index contributed by atoms with van der Waals surface area (Å²) in [6.45, 7) is 0. The fraction of sp³-hybridized carbons (Fsp3) is 0.125. The molecule has 0 unspecified atom stereocenters. The van der Waals surface area contributed by atoms with Crippen LogP contribution in [0.1, 0.15) is 0 Å². The van der Waals surface area contributed by atoms with E-state index >= 15 is 0 Å². The van der Waals surface area contributed by atoms with Crippen LogP contribution in [-0.4, -0.2) is 13.4 Å². The molecule has 0 bridgehead atoms. The molecule has 2 nitrogen and oxygen atoms in total. The van der Waals surface area contributed by atoms with Gasteiger partial charge in [0.25, 0.3) is 0 Å². The number of rotatable bonds is 2. The molecule has 1 aromatic rings. The highest BCUT2D eigenvalue weighted by molar-refractivity contribution is 6.30. The molecular formula is C8H8ClNO. The summed E-state index contributed by atoms with van der Waals surface area (Å²) in [5, 5.41) is 0.659. The van der Waals surface area contributed by atoms with Crippen LogP contribution in [0.2, 0.25) is 5.02 Å². The Kier molecular flexibility index (Phi) is 2.93.